The van der Waals surface area contributed by atoms with Gasteiger partial charge in [0.05, 0.1) is 22.1 Å². The minimum absolute atomic E-state index is 0.0680. The van der Waals surface area contributed by atoms with Gasteiger partial charge in [0, 0.05) is 52.4 Å². The Labute approximate surface area is 482 Å². The second-order valence-electron chi connectivity index (χ2n) is 27.0. The van der Waals surface area contributed by atoms with Crippen LogP contribution in [0.5, 0.6) is 0 Å². The van der Waals surface area contributed by atoms with Crippen molar-refractivity contribution in [2.45, 2.75) is 130 Å². The molecule has 4 aliphatic carbocycles. The van der Waals surface area contributed by atoms with Crippen molar-refractivity contribution >= 4 is 66.3 Å². The molecule has 0 spiro atoms. The van der Waals surface area contributed by atoms with E-state index in [1.54, 1.807) is 0 Å². The van der Waals surface area contributed by atoms with E-state index in [0.717, 1.165) is 25.7 Å². The maximum Gasteiger partial charge on any atom is 0.0541 e. The summed E-state index contributed by atoms with van der Waals surface area (Å²) in [6.07, 6.45) is 3.98. The van der Waals surface area contributed by atoms with Crippen LogP contribution in [0.25, 0.3) is 96.7 Å². The highest BCUT2D eigenvalue weighted by Gasteiger charge is 2.24. The van der Waals surface area contributed by atoms with E-state index in [9.17, 15) is 0 Å². The van der Waals surface area contributed by atoms with E-state index < -0.39 is 0 Å². The third-order valence-corrected chi connectivity index (χ3v) is 19.6. The first-order chi connectivity index (χ1) is 38.1. The van der Waals surface area contributed by atoms with Gasteiger partial charge >= 0.3 is 0 Å². The van der Waals surface area contributed by atoms with Crippen LogP contribution in [0.2, 0.25) is 0 Å². The standard InChI is InChI=1S/C76H74N2S2/c1-73(2,3)53-25-33-65-61(43-53)62-44-54(74(4,5)6)26-34-66(62)77(65)57-29-21-51(22-30-57)69-37-39-71(79-69)59-41-47-13-17-49(59)19-15-48-14-18-50(20-16-47)60(42-48)72-40-38-70(80-72)52-23-31-58(32-24-52)78-67-35-27-55(75(7,8)9)45-63(67)64-46-56(76(10,11)12)28-36-68(64)78/h13-14,17-18,21-46H,15-16,19-20H2,1-12H3. The summed E-state index contributed by atoms with van der Waals surface area (Å²) in [7, 11) is 0. The Hall–Kier alpha value is -7.24. The van der Waals surface area contributed by atoms with E-state index in [1.807, 2.05) is 22.7 Å². The SMILES string of the molecule is CC(C)(C)c1ccc2c(c1)c1cc(C(C)(C)C)ccc1n2-c1ccc(-c2ccc(-c3cc4ccc3CCc3ccc(c(-c5ccc(-c6ccc(-n7c8ccc(C(C)(C)C)cc8c8cc(C(C)(C)C)ccc87)cc6)s5)c3)CC4)s2)cc1. The van der Waals surface area contributed by atoms with Gasteiger partial charge in [-0.25, -0.2) is 0 Å². The van der Waals surface area contributed by atoms with Gasteiger partial charge in [0.2, 0.25) is 0 Å². The van der Waals surface area contributed by atoms with Gasteiger partial charge in [-0.1, -0.05) is 168 Å². The molecule has 16 rings (SSSR count). The number of fused-ring (bicyclic) bond motifs is 6. The molecule has 0 N–H and O–H groups in total. The molecule has 0 aliphatic heterocycles. The van der Waals surface area contributed by atoms with Crippen molar-refractivity contribution in [3.05, 3.63) is 226 Å². The third kappa shape index (κ3) is 9.46. The van der Waals surface area contributed by atoms with Crippen molar-refractivity contribution in [3.63, 3.8) is 0 Å². The molecule has 4 heteroatoms. The number of rotatable bonds is 6. The highest BCUT2D eigenvalue weighted by molar-refractivity contribution is 7.19. The summed E-state index contributed by atoms with van der Waals surface area (Å²) in [5, 5.41) is 5.29. The van der Waals surface area contributed by atoms with Gasteiger partial charge in [-0.15, -0.1) is 22.7 Å². The first kappa shape index (κ1) is 52.2. The minimum atomic E-state index is 0.0680. The largest absolute Gasteiger partial charge is 0.309 e. The molecule has 400 valence electrons. The maximum absolute atomic E-state index is 2.50. The number of hydrogen-bond donors (Lipinski definition) is 0. The molecule has 80 heavy (non-hydrogen) atoms. The Morgan fingerprint density at radius 2 is 0.588 bits per heavy atom. The molecule has 0 unspecified atom stereocenters. The Bertz CT molecular complexity index is 3940. The summed E-state index contributed by atoms with van der Waals surface area (Å²) in [5.41, 5.74) is 24.0. The van der Waals surface area contributed by atoms with E-state index in [1.165, 1.54) is 141 Å². The molecule has 0 radical (unpaired) electrons. The summed E-state index contributed by atoms with van der Waals surface area (Å²) in [6, 6.07) is 70.9. The fourth-order valence-electron chi connectivity index (χ4n) is 12.3. The molecule has 0 amide bonds. The molecule has 0 fully saturated rings. The van der Waals surface area contributed by atoms with E-state index in [4.69, 9.17) is 0 Å². The lowest BCUT2D eigenvalue weighted by atomic mass is 9.85. The molecule has 4 heterocycles. The van der Waals surface area contributed by atoms with Crippen LogP contribution in [-0.2, 0) is 47.3 Å². The van der Waals surface area contributed by atoms with Crippen LogP contribution in [0.3, 0.4) is 0 Å². The van der Waals surface area contributed by atoms with Gasteiger partial charge in [0.25, 0.3) is 0 Å². The first-order valence-corrected chi connectivity index (χ1v) is 30.6. The first-order valence-electron chi connectivity index (χ1n) is 29.0. The van der Waals surface area contributed by atoms with Crippen LogP contribution in [0, 0.1) is 0 Å². The third-order valence-electron chi connectivity index (χ3n) is 17.3. The summed E-state index contributed by atoms with van der Waals surface area (Å²) < 4.78 is 4.93. The highest BCUT2D eigenvalue weighted by atomic mass is 32.1. The predicted molar refractivity (Wildman–Crippen MR) is 349 cm³/mol. The lowest BCUT2D eigenvalue weighted by Gasteiger charge is -2.19. The molecule has 4 bridgehead atoms. The van der Waals surface area contributed by atoms with Crippen molar-refractivity contribution in [1.29, 1.82) is 0 Å². The van der Waals surface area contributed by atoms with Gasteiger partial charge in [0.1, 0.15) is 0 Å². The maximum atomic E-state index is 2.50. The molecular weight excluding hydrogens is 1000 g/mol. The monoisotopic (exact) mass is 1080 g/mol. The van der Waals surface area contributed by atoms with Gasteiger partial charge < -0.3 is 9.13 Å². The molecule has 4 aromatic heterocycles. The molecule has 0 saturated heterocycles. The van der Waals surface area contributed by atoms with Crippen molar-refractivity contribution in [3.8, 4) is 53.1 Å². The van der Waals surface area contributed by atoms with Crippen molar-refractivity contribution in [2.24, 2.45) is 0 Å². The molecule has 0 saturated carbocycles. The van der Waals surface area contributed by atoms with Crippen molar-refractivity contribution < 1.29 is 0 Å². The fourth-order valence-corrected chi connectivity index (χ4v) is 14.4. The van der Waals surface area contributed by atoms with E-state index in [2.05, 4.69) is 274 Å². The zero-order valence-corrected chi connectivity index (χ0v) is 50.5. The van der Waals surface area contributed by atoms with Gasteiger partial charge in [0.15, 0.2) is 0 Å². The Morgan fingerprint density at radius 1 is 0.287 bits per heavy atom. The number of aromatic nitrogens is 2. The molecular formula is C76H74N2S2. The topological polar surface area (TPSA) is 9.86 Å². The zero-order chi connectivity index (χ0) is 55.6. The second-order valence-corrected chi connectivity index (χ2v) is 29.2. The van der Waals surface area contributed by atoms with Crippen LogP contribution in [0.1, 0.15) is 128 Å². The van der Waals surface area contributed by atoms with E-state index in [0.29, 0.717) is 0 Å². The average molecular weight is 1080 g/mol. The van der Waals surface area contributed by atoms with Crippen LogP contribution >= 0.6 is 22.7 Å². The van der Waals surface area contributed by atoms with Gasteiger partial charge in [-0.3, -0.25) is 0 Å². The Kier molecular flexibility index (Phi) is 12.5. The number of aryl methyl sites for hydroxylation is 4. The smallest absolute Gasteiger partial charge is 0.0541 e. The van der Waals surface area contributed by atoms with Crippen LogP contribution < -0.4 is 0 Å². The highest BCUT2D eigenvalue weighted by Crippen LogP contribution is 2.44. The predicted octanol–water partition coefficient (Wildman–Crippen LogP) is 21.7. The van der Waals surface area contributed by atoms with E-state index >= 15 is 0 Å². The second kappa shape index (κ2) is 19.2. The minimum Gasteiger partial charge on any atom is -0.309 e. The van der Waals surface area contributed by atoms with Crippen LogP contribution in [-0.4, -0.2) is 9.13 Å². The number of hydrogen-bond acceptors (Lipinski definition) is 2. The number of thiophene rings is 2. The normalized spacial score (nSPS) is 13.6. The summed E-state index contributed by atoms with van der Waals surface area (Å²) >= 11 is 3.84. The Balaban J connectivity index is 0.752. The fraction of sp³-hybridized carbons (Fsp3) is 0.263. The van der Waals surface area contributed by atoms with Crippen molar-refractivity contribution in [2.75, 3.05) is 0 Å². The number of nitrogens with zero attached hydrogens (tertiary/aromatic N) is 2. The summed E-state index contributed by atoms with van der Waals surface area (Å²) in [6.45, 7) is 27.7. The van der Waals surface area contributed by atoms with E-state index in [-0.39, 0.29) is 21.7 Å². The zero-order valence-electron chi connectivity index (χ0n) is 48.9. The molecule has 12 aromatic rings. The van der Waals surface area contributed by atoms with Crippen LogP contribution in [0.15, 0.2) is 182 Å². The molecule has 0 atom stereocenters. The summed E-state index contributed by atoms with van der Waals surface area (Å²) in [5.74, 6) is 0. The number of benzene rings is 8. The van der Waals surface area contributed by atoms with Gasteiger partial charge in [-0.05, 0) is 211 Å². The molecule has 8 aromatic carbocycles. The lowest BCUT2D eigenvalue weighted by molar-refractivity contribution is 0.590. The molecule has 4 aliphatic rings. The lowest BCUT2D eigenvalue weighted by Crippen LogP contribution is -2.10. The Morgan fingerprint density at radius 3 is 0.887 bits per heavy atom. The quantitative estimate of drug-likeness (QED) is 0.157. The molecule has 2 nitrogen and oxygen atoms in total. The van der Waals surface area contributed by atoms with Gasteiger partial charge in [-0.2, -0.15) is 0 Å². The average Bonchev–Trinajstić information content (AvgIpc) is 4.43. The van der Waals surface area contributed by atoms with Crippen molar-refractivity contribution in [1.82, 2.24) is 9.13 Å². The summed E-state index contributed by atoms with van der Waals surface area (Å²) in [4.78, 5) is 5.29. The van der Waals surface area contributed by atoms with Crippen LogP contribution in [0.4, 0.5) is 0 Å².